The van der Waals surface area contributed by atoms with Crippen molar-refractivity contribution in [2.75, 3.05) is 18.5 Å². The molecule has 0 fully saturated rings. The van der Waals surface area contributed by atoms with E-state index in [0.29, 0.717) is 42.1 Å². The fourth-order valence-electron chi connectivity index (χ4n) is 4.15. The molecule has 2 aliphatic rings. The van der Waals surface area contributed by atoms with Gasteiger partial charge in [0.1, 0.15) is 18.0 Å². The maximum absolute atomic E-state index is 13.3. The summed E-state index contributed by atoms with van der Waals surface area (Å²) in [5, 5.41) is 3.90. The van der Waals surface area contributed by atoms with E-state index >= 15 is 0 Å². The zero-order valence-corrected chi connectivity index (χ0v) is 19.7. The Labute approximate surface area is 194 Å². The smallest absolute Gasteiger partial charge is 0.263 e. The fraction of sp³-hybridized carbons (Fsp3) is 0.435. The summed E-state index contributed by atoms with van der Waals surface area (Å²) in [7, 11) is 0. The normalized spacial score (nSPS) is 15.6. The van der Waals surface area contributed by atoms with Gasteiger partial charge >= 0.3 is 0 Å². The van der Waals surface area contributed by atoms with E-state index in [1.54, 1.807) is 34.1 Å². The number of anilines is 1. The Hall–Kier alpha value is -2.52. The zero-order chi connectivity index (χ0) is 22.2. The highest BCUT2D eigenvalue weighted by Crippen LogP contribution is 2.36. The first kappa shape index (κ1) is 21.3. The topological polar surface area (TPSA) is 82.5 Å². The molecular formula is C23H25N3O4S2. The summed E-state index contributed by atoms with van der Waals surface area (Å²) >= 11 is 2.96. The van der Waals surface area contributed by atoms with Gasteiger partial charge in [0.05, 0.1) is 10.6 Å². The second-order valence-electron chi connectivity index (χ2n) is 8.00. The van der Waals surface area contributed by atoms with Crippen LogP contribution in [-0.2, 0) is 24.2 Å². The molecule has 0 spiro atoms. The predicted molar refractivity (Wildman–Crippen MR) is 128 cm³/mol. The summed E-state index contributed by atoms with van der Waals surface area (Å²) in [4.78, 5) is 33.2. The van der Waals surface area contributed by atoms with Gasteiger partial charge < -0.3 is 14.8 Å². The van der Waals surface area contributed by atoms with Crippen LogP contribution < -0.4 is 20.3 Å². The minimum atomic E-state index is -0.428. The molecule has 0 saturated heterocycles. The number of fused-ring (bicyclic) bond motifs is 4. The highest BCUT2D eigenvalue weighted by molar-refractivity contribution is 8.00. The molecule has 32 heavy (non-hydrogen) atoms. The monoisotopic (exact) mass is 471 g/mol. The van der Waals surface area contributed by atoms with E-state index in [-0.39, 0.29) is 11.5 Å². The first-order valence-corrected chi connectivity index (χ1v) is 12.7. The maximum atomic E-state index is 13.3. The number of nitrogens with zero attached hydrogens (tertiary/aromatic N) is 2. The molecule has 0 bridgehead atoms. The van der Waals surface area contributed by atoms with E-state index < -0.39 is 5.25 Å². The number of nitrogens with one attached hydrogen (secondary N) is 1. The van der Waals surface area contributed by atoms with Crippen molar-refractivity contribution in [1.29, 1.82) is 0 Å². The SMILES string of the molecule is CCCn1c(SC(C)C(=O)Nc2ccc3c(c2)OCCO3)nc2sc3c(c2c1=O)CCC3. The number of carbonyl (C=O) groups excluding carboxylic acids is 1. The quantitative estimate of drug-likeness (QED) is 0.428. The molecule has 2 aromatic heterocycles. The van der Waals surface area contributed by atoms with Crippen molar-refractivity contribution >= 4 is 44.9 Å². The molecule has 3 aromatic rings. The fourth-order valence-corrected chi connectivity index (χ4v) is 6.38. The Balaban J connectivity index is 1.39. The molecule has 1 aromatic carbocycles. The lowest BCUT2D eigenvalue weighted by atomic mass is 10.2. The van der Waals surface area contributed by atoms with Crippen LogP contribution in [0, 0.1) is 0 Å². The van der Waals surface area contributed by atoms with Gasteiger partial charge in [-0.05, 0) is 50.3 Å². The van der Waals surface area contributed by atoms with Crippen LogP contribution in [0.2, 0.25) is 0 Å². The third kappa shape index (κ3) is 3.88. The summed E-state index contributed by atoms with van der Waals surface area (Å²) < 4.78 is 12.9. The summed E-state index contributed by atoms with van der Waals surface area (Å²) in [6.07, 6.45) is 3.92. The van der Waals surface area contributed by atoms with Crippen LogP contribution in [0.25, 0.3) is 10.2 Å². The molecule has 168 valence electrons. The first-order valence-electron chi connectivity index (χ1n) is 11.0. The van der Waals surface area contributed by atoms with Gasteiger partial charge in [-0.2, -0.15) is 0 Å². The minimum Gasteiger partial charge on any atom is -0.486 e. The molecule has 1 amide bonds. The van der Waals surface area contributed by atoms with E-state index in [1.165, 1.54) is 22.2 Å². The molecule has 1 atom stereocenters. The van der Waals surface area contributed by atoms with Crippen molar-refractivity contribution in [2.24, 2.45) is 0 Å². The Morgan fingerprint density at radius 2 is 2.09 bits per heavy atom. The number of thioether (sulfide) groups is 1. The van der Waals surface area contributed by atoms with Gasteiger partial charge in [-0.3, -0.25) is 14.2 Å². The van der Waals surface area contributed by atoms with Crippen LogP contribution >= 0.6 is 23.1 Å². The number of amides is 1. The number of ether oxygens (including phenoxy) is 2. The lowest BCUT2D eigenvalue weighted by Crippen LogP contribution is -2.27. The number of thiophene rings is 1. The molecule has 7 nitrogen and oxygen atoms in total. The first-order chi connectivity index (χ1) is 15.5. The molecule has 1 N–H and O–H groups in total. The van der Waals surface area contributed by atoms with Crippen molar-refractivity contribution in [1.82, 2.24) is 9.55 Å². The average Bonchev–Trinajstić information content (AvgIpc) is 3.37. The lowest BCUT2D eigenvalue weighted by Gasteiger charge is -2.19. The predicted octanol–water partition coefficient (Wildman–Crippen LogP) is 4.25. The second kappa shape index (κ2) is 8.78. The van der Waals surface area contributed by atoms with Crippen molar-refractivity contribution in [3.8, 4) is 11.5 Å². The number of aromatic nitrogens is 2. The van der Waals surface area contributed by atoms with Crippen molar-refractivity contribution in [3.63, 3.8) is 0 Å². The Morgan fingerprint density at radius 3 is 2.91 bits per heavy atom. The maximum Gasteiger partial charge on any atom is 0.263 e. The van der Waals surface area contributed by atoms with Crippen LogP contribution in [0.1, 0.15) is 37.1 Å². The van der Waals surface area contributed by atoms with E-state index in [4.69, 9.17) is 14.5 Å². The van der Waals surface area contributed by atoms with Crippen LogP contribution in [0.5, 0.6) is 11.5 Å². The van der Waals surface area contributed by atoms with Crippen LogP contribution in [0.4, 0.5) is 5.69 Å². The highest BCUT2D eigenvalue weighted by Gasteiger charge is 2.25. The summed E-state index contributed by atoms with van der Waals surface area (Å²) in [5.74, 6) is 1.15. The molecule has 1 unspecified atom stereocenters. The van der Waals surface area contributed by atoms with Crippen molar-refractivity contribution in [2.45, 2.75) is 56.5 Å². The van der Waals surface area contributed by atoms with Crippen LogP contribution in [0.3, 0.4) is 0 Å². The van der Waals surface area contributed by atoms with E-state index in [0.717, 1.165) is 35.9 Å². The molecule has 5 rings (SSSR count). The summed E-state index contributed by atoms with van der Waals surface area (Å²) in [6, 6.07) is 5.37. The second-order valence-corrected chi connectivity index (χ2v) is 10.4. The highest BCUT2D eigenvalue weighted by atomic mass is 32.2. The Bertz CT molecular complexity index is 1250. The number of rotatable bonds is 6. The number of aryl methyl sites for hydroxylation is 2. The molecule has 1 aliphatic heterocycles. The Morgan fingerprint density at radius 1 is 1.28 bits per heavy atom. The van der Waals surface area contributed by atoms with E-state index in [9.17, 15) is 9.59 Å². The van der Waals surface area contributed by atoms with Crippen LogP contribution in [-0.4, -0.2) is 33.9 Å². The van der Waals surface area contributed by atoms with Gasteiger partial charge in [-0.25, -0.2) is 4.98 Å². The lowest BCUT2D eigenvalue weighted by molar-refractivity contribution is -0.115. The third-order valence-corrected chi connectivity index (χ3v) is 7.97. The zero-order valence-electron chi connectivity index (χ0n) is 18.1. The van der Waals surface area contributed by atoms with Gasteiger partial charge in [-0.1, -0.05) is 18.7 Å². The van der Waals surface area contributed by atoms with Gasteiger partial charge in [0.2, 0.25) is 5.91 Å². The summed E-state index contributed by atoms with van der Waals surface area (Å²) in [5.41, 5.74) is 1.86. The summed E-state index contributed by atoms with van der Waals surface area (Å²) in [6.45, 7) is 5.48. The number of hydrogen-bond acceptors (Lipinski definition) is 7. The molecule has 3 heterocycles. The largest absolute Gasteiger partial charge is 0.486 e. The van der Waals surface area contributed by atoms with Crippen molar-refractivity contribution in [3.05, 3.63) is 39.0 Å². The van der Waals surface area contributed by atoms with E-state index in [1.807, 2.05) is 13.8 Å². The molecule has 1 aliphatic carbocycles. The number of hydrogen-bond donors (Lipinski definition) is 1. The third-order valence-electron chi connectivity index (χ3n) is 5.70. The van der Waals surface area contributed by atoms with Gasteiger partial charge in [-0.15, -0.1) is 11.3 Å². The van der Waals surface area contributed by atoms with Crippen molar-refractivity contribution < 1.29 is 14.3 Å². The standard InChI is InChI=1S/C23H25N3O4S2/c1-3-9-26-22(28)19-15-5-4-6-18(15)32-21(19)25-23(26)31-13(2)20(27)24-14-7-8-16-17(12-14)30-11-10-29-16/h7-8,12-13H,3-6,9-11H2,1-2H3,(H,24,27). The molecular weight excluding hydrogens is 446 g/mol. The molecule has 0 saturated carbocycles. The minimum absolute atomic E-state index is 0.0261. The average molecular weight is 472 g/mol. The van der Waals surface area contributed by atoms with E-state index in [2.05, 4.69) is 5.32 Å². The van der Waals surface area contributed by atoms with Gasteiger partial charge in [0.15, 0.2) is 16.7 Å². The van der Waals surface area contributed by atoms with Crippen LogP contribution in [0.15, 0.2) is 28.2 Å². The van der Waals surface area contributed by atoms with Gasteiger partial charge in [0, 0.05) is 23.2 Å². The molecule has 0 radical (unpaired) electrons. The molecule has 9 heteroatoms. The van der Waals surface area contributed by atoms with Gasteiger partial charge in [0.25, 0.3) is 5.56 Å². The number of benzene rings is 1. The number of carbonyl (C=O) groups is 1. The Kier molecular flexibility index (Phi) is 5.86.